The van der Waals surface area contributed by atoms with Crippen LogP contribution < -0.4 is 45.1 Å². The predicted octanol–water partition coefficient (Wildman–Crippen LogP) is -2.15. The van der Waals surface area contributed by atoms with Gasteiger partial charge in [-0.2, -0.15) is 0 Å². The Morgan fingerprint density at radius 3 is 1.95 bits per heavy atom. The lowest BCUT2D eigenvalue weighted by Gasteiger charge is -2.18. The molecule has 0 spiro atoms. The number of nitrogen functional groups attached to an aromatic ring is 4. The van der Waals surface area contributed by atoms with Crippen LogP contribution in [0.1, 0.15) is 20.7 Å². The van der Waals surface area contributed by atoms with Gasteiger partial charge in [-0.15, -0.1) is 0 Å². The number of carbonyl (C=O) groups excluding carboxylic acids is 1. The first-order chi connectivity index (χ1) is 9.01. The second-order valence-electron chi connectivity index (χ2n) is 3.31. The maximum absolute atomic E-state index is 11.7. The number of anilines is 3. The maximum Gasteiger partial charge on any atom is 0.338 e. The standard InChI is InChI=1S/C8H14N8O3/c9-13-3-1-2(8(18)19)5(14-10)6(15-11)4(3)7(17)16-12/h1,13-15H,9-12H2,(H,16,17)(H,18,19). The number of rotatable bonds is 5. The minimum atomic E-state index is -1.29. The number of nitrogens with two attached hydrogens (primary N) is 4. The van der Waals surface area contributed by atoms with Crippen LogP contribution in [0, 0.1) is 0 Å². The molecule has 13 N–H and O–H groups in total. The number of carboxylic acids is 1. The molecule has 1 aromatic carbocycles. The summed E-state index contributed by atoms with van der Waals surface area (Å²) >= 11 is 0. The van der Waals surface area contributed by atoms with Gasteiger partial charge >= 0.3 is 5.97 Å². The number of carbonyl (C=O) groups is 2. The molecule has 1 rings (SSSR count). The third-order valence-corrected chi connectivity index (χ3v) is 2.36. The second kappa shape index (κ2) is 5.83. The van der Waals surface area contributed by atoms with E-state index in [9.17, 15) is 9.59 Å². The van der Waals surface area contributed by atoms with Crippen molar-refractivity contribution < 1.29 is 14.7 Å². The summed E-state index contributed by atoms with van der Waals surface area (Å²) in [4.78, 5) is 22.8. The first kappa shape index (κ1) is 14.5. The number of hydrogen-bond donors (Lipinski definition) is 9. The number of nitrogens with one attached hydrogen (secondary N) is 4. The van der Waals surface area contributed by atoms with Gasteiger partial charge in [0, 0.05) is 0 Å². The molecule has 1 amide bonds. The highest BCUT2D eigenvalue weighted by atomic mass is 16.4. The first-order valence-corrected chi connectivity index (χ1v) is 4.86. The van der Waals surface area contributed by atoms with Crippen LogP contribution in [-0.4, -0.2) is 17.0 Å². The Hall–Kier alpha value is -2.60. The smallest absolute Gasteiger partial charge is 0.338 e. The van der Waals surface area contributed by atoms with Crippen molar-refractivity contribution in [2.45, 2.75) is 0 Å². The number of amides is 1. The van der Waals surface area contributed by atoms with Gasteiger partial charge in [-0.1, -0.05) is 0 Å². The molecule has 104 valence electrons. The number of benzene rings is 1. The molecule has 0 saturated carbocycles. The molecule has 0 aliphatic heterocycles. The molecular formula is C8H14N8O3. The first-order valence-electron chi connectivity index (χ1n) is 4.86. The quantitative estimate of drug-likeness (QED) is 0.161. The zero-order valence-corrected chi connectivity index (χ0v) is 9.65. The average Bonchev–Trinajstić information content (AvgIpc) is 2.43. The normalized spacial score (nSPS) is 9.68. The van der Waals surface area contributed by atoms with E-state index in [-0.39, 0.29) is 28.2 Å². The van der Waals surface area contributed by atoms with Crippen LogP contribution in [-0.2, 0) is 0 Å². The van der Waals surface area contributed by atoms with Gasteiger partial charge < -0.3 is 21.4 Å². The Morgan fingerprint density at radius 1 is 1.00 bits per heavy atom. The lowest BCUT2D eigenvalue weighted by molar-refractivity contribution is 0.0697. The molecule has 0 aliphatic rings. The SMILES string of the molecule is NNC(=O)c1c(NN)cc(C(=O)O)c(NN)c1NN. The lowest BCUT2D eigenvalue weighted by atomic mass is 10.0. The fourth-order valence-electron chi connectivity index (χ4n) is 1.57. The predicted molar refractivity (Wildman–Crippen MR) is 68.5 cm³/mol. The number of hydrazine groups is 4. The van der Waals surface area contributed by atoms with Crippen LogP contribution >= 0.6 is 0 Å². The topological polar surface area (TPSA) is 207 Å². The van der Waals surface area contributed by atoms with Gasteiger partial charge in [0.25, 0.3) is 5.91 Å². The van der Waals surface area contributed by atoms with Gasteiger partial charge in [0.2, 0.25) is 0 Å². The Kier molecular flexibility index (Phi) is 4.44. The number of aromatic carboxylic acids is 1. The minimum absolute atomic E-state index is 0.00676. The summed E-state index contributed by atoms with van der Waals surface area (Å²) in [7, 11) is 0. The number of carboxylic acid groups (broad SMARTS) is 1. The average molecular weight is 270 g/mol. The fourth-order valence-corrected chi connectivity index (χ4v) is 1.57. The van der Waals surface area contributed by atoms with Crippen LogP contribution in [0.5, 0.6) is 0 Å². The van der Waals surface area contributed by atoms with Crippen molar-refractivity contribution in [2.75, 3.05) is 16.3 Å². The van der Waals surface area contributed by atoms with Gasteiger partial charge in [0.05, 0.1) is 28.2 Å². The molecule has 0 radical (unpaired) electrons. The highest BCUT2D eigenvalue weighted by Crippen LogP contribution is 2.34. The van der Waals surface area contributed by atoms with Gasteiger partial charge in [0.1, 0.15) is 0 Å². The highest BCUT2D eigenvalue weighted by Gasteiger charge is 2.24. The lowest BCUT2D eigenvalue weighted by Crippen LogP contribution is -2.33. The molecule has 0 aromatic heterocycles. The molecule has 0 atom stereocenters. The van der Waals surface area contributed by atoms with Gasteiger partial charge in [0.15, 0.2) is 0 Å². The van der Waals surface area contributed by atoms with Crippen molar-refractivity contribution in [1.29, 1.82) is 0 Å². The van der Waals surface area contributed by atoms with Gasteiger partial charge in [-0.25, -0.2) is 10.6 Å². The van der Waals surface area contributed by atoms with Crippen LogP contribution in [0.2, 0.25) is 0 Å². The molecule has 0 bridgehead atoms. The Bertz CT molecular complexity index is 517. The third kappa shape index (κ3) is 2.48. The Labute approximate surface area is 107 Å². The van der Waals surface area contributed by atoms with Gasteiger partial charge in [-0.3, -0.25) is 27.7 Å². The highest BCUT2D eigenvalue weighted by molar-refractivity contribution is 6.11. The van der Waals surface area contributed by atoms with Crippen molar-refractivity contribution in [1.82, 2.24) is 5.43 Å². The summed E-state index contributed by atoms with van der Waals surface area (Å²) < 4.78 is 0. The maximum atomic E-state index is 11.7. The Balaban J connectivity index is 3.71. The molecule has 0 heterocycles. The third-order valence-electron chi connectivity index (χ3n) is 2.36. The van der Waals surface area contributed by atoms with E-state index in [4.69, 9.17) is 28.5 Å². The summed E-state index contributed by atoms with van der Waals surface area (Å²) in [5, 5.41) is 9.07. The number of hydrogen-bond acceptors (Lipinski definition) is 9. The molecular weight excluding hydrogens is 256 g/mol. The van der Waals surface area contributed by atoms with E-state index in [0.29, 0.717) is 0 Å². The van der Waals surface area contributed by atoms with Crippen molar-refractivity contribution in [3.63, 3.8) is 0 Å². The van der Waals surface area contributed by atoms with Crippen LogP contribution in [0.4, 0.5) is 17.1 Å². The summed E-state index contributed by atoms with van der Waals surface area (Å²) in [5.74, 6) is 18.8. The molecule has 11 nitrogen and oxygen atoms in total. The fraction of sp³-hybridized carbons (Fsp3) is 0. The second-order valence-corrected chi connectivity index (χ2v) is 3.31. The van der Waals surface area contributed by atoms with E-state index in [0.717, 1.165) is 6.07 Å². The summed E-state index contributed by atoms with van der Waals surface area (Å²) in [6.45, 7) is 0. The van der Waals surface area contributed by atoms with E-state index in [1.165, 1.54) is 0 Å². The van der Waals surface area contributed by atoms with Crippen molar-refractivity contribution >= 4 is 28.9 Å². The van der Waals surface area contributed by atoms with Gasteiger partial charge in [-0.05, 0) is 6.07 Å². The van der Waals surface area contributed by atoms with E-state index in [2.05, 4.69) is 16.3 Å². The summed E-state index contributed by atoms with van der Waals surface area (Å²) in [6.07, 6.45) is 0. The largest absolute Gasteiger partial charge is 0.478 e. The molecule has 0 saturated heterocycles. The van der Waals surface area contributed by atoms with E-state index in [1.807, 2.05) is 5.43 Å². The molecule has 0 fully saturated rings. The van der Waals surface area contributed by atoms with E-state index in [1.54, 1.807) is 0 Å². The molecule has 19 heavy (non-hydrogen) atoms. The zero-order valence-electron chi connectivity index (χ0n) is 9.65. The van der Waals surface area contributed by atoms with E-state index < -0.39 is 11.9 Å². The molecule has 11 heteroatoms. The molecule has 0 aliphatic carbocycles. The minimum Gasteiger partial charge on any atom is -0.478 e. The van der Waals surface area contributed by atoms with Crippen LogP contribution in [0.25, 0.3) is 0 Å². The van der Waals surface area contributed by atoms with E-state index >= 15 is 0 Å². The Morgan fingerprint density at radius 2 is 1.58 bits per heavy atom. The van der Waals surface area contributed by atoms with Crippen LogP contribution in [0.3, 0.4) is 0 Å². The van der Waals surface area contributed by atoms with Crippen molar-refractivity contribution in [3.8, 4) is 0 Å². The zero-order chi connectivity index (χ0) is 14.6. The molecule has 0 unspecified atom stereocenters. The van der Waals surface area contributed by atoms with Crippen molar-refractivity contribution in [2.24, 2.45) is 23.4 Å². The summed E-state index contributed by atoms with van der Waals surface area (Å²) in [6, 6.07) is 1.11. The summed E-state index contributed by atoms with van der Waals surface area (Å²) in [5.41, 5.74) is 7.92. The van der Waals surface area contributed by atoms with Crippen LogP contribution in [0.15, 0.2) is 6.07 Å². The monoisotopic (exact) mass is 270 g/mol. The van der Waals surface area contributed by atoms with Crippen molar-refractivity contribution in [3.05, 3.63) is 17.2 Å². The molecule has 1 aromatic rings.